The molecule has 2 aliphatic carbocycles. The SMILES string of the molecule is CC(F)(F)CCC(NC(=O)[C@@H]1CC2(CCN1C(=O)C(NC(=O)O)C(C)(C)C)CC2)C(=O)C(=O)NC1CC1. The molecule has 3 rings (SSSR count). The lowest BCUT2D eigenvalue weighted by Gasteiger charge is -2.42. The first-order valence-corrected chi connectivity index (χ1v) is 12.8. The highest BCUT2D eigenvalue weighted by Crippen LogP contribution is 2.55. The number of hydrogen-bond acceptors (Lipinski definition) is 5. The quantitative estimate of drug-likeness (QED) is 0.320. The number of nitrogens with zero attached hydrogens (tertiary/aromatic N) is 1. The molecule has 37 heavy (non-hydrogen) atoms. The molecule has 0 aromatic rings. The molecule has 0 bridgehead atoms. The average Bonchev–Trinajstić information content (AvgIpc) is 3.71. The van der Waals surface area contributed by atoms with Crippen LogP contribution in [-0.2, 0) is 19.2 Å². The molecule has 4 amide bonds. The van der Waals surface area contributed by atoms with E-state index in [-0.39, 0.29) is 18.0 Å². The number of carbonyl (C=O) groups is 5. The fourth-order valence-electron chi connectivity index (χ4n) is 4.78. The monoisotopic (exact) mass is 528 g/mol. The molecule has 2 saturated carbocycles. The van der Waals surface area contributed by atoms with Crippen molar-refractivity contribution in [1.29, 1.82) is 0 Å². The van der Waals surface area contributed by atoms with Gasteiger partial charge in [0.15, 0.2) is 0 Å². The number of nitrogens with one attached hydrogen (secondary N) is 3. The van der Waals surface area contributed by atoms with Gasteiger partial charge in [0.25, 0.3) is 5.91 Å². The maximum absolute atomic E-state index is 13.6. The zero-order chi connectivity index (χ0) is 27.8. The Labute approximate surface area is 215 Å². The summed E-state index contributed by atoms with van der Waals surface area (Å²) in [5, 5.41) is 16.6. The van der Waals surface area contributed by atoms with Crippen LogP contribution in [-0.4, -0.2) is 76.2 Å². The van der Waals surface area contributed by atoms with Gasteiger partial charge in [-0.05, 0) is 62.7 Å². The van der Waals surface area contributed by atoms with Crippen LogP contribution < -0.4 is 16.0 Å². The van der Waals surface area contributed by atoms with Crippen LogP contribution in [0.1, 0.15) is 79.1 Å². The van der Waals surface area contributed by atoms with Gasteiger partial charge in [-0.1, -0.05) is 20.8 Å². The first kappa shape index (κ1) is 28.8. The third-order valence-corrected chi connectivity index (χ3v) is 7.45. The lowest BCUT2D eigenvalue weighted by atomic mass is 9.82. The van der Waals surface area contributed by atoms with E-state index in [2.05, 4.69) is 16.0 Å². The molecule has 3 fully saturated rings. The summed E-state index contributed by atoms with van der Waals surface area (Å²) in [6, 6.07) is -3.75. The van der Waals surface area contributed by atoms with Gasteiger partial charge in [-0.3, -0.25) is 19.2 Å². The molecule has 2 unspecified atom stereocenters. The van der Waals surface area contributed by atoms with Gasteiger partial charge in [0.05, 0.1) is 6.04 Å². The standard InChI is InChI=1S/C25H38F2N4O6/c1-23(2,3)18(30-22(36)37)21(35)31-12-11-25(9-10-25)13-16(31)19(33)29-15(7-8-24(4,26)27)17(32)20(34)28-14-5-6-14/h14-16,18,30H,5-13H2,1-4H3,(H,28,34)(H,29,33)(H,36,37)/t15?,16-,18?/m0/s1. The molecule has 3 aliphatic rings. The van der Waals surface area contributed by atoms with Gasteiger partial charge in [-0.2, -0.15) is 0 Å². The van der Waals surface area contributed by atoms with E-state index in [1.807, 2.05) is 0 Å². The number of carboxylic acid groups (broad SMARTS) is 1. The van der Waals surface area contributed by atoms with Crippen LogP contribution in [0.15, 0.2) is 0 Å². The third kappa shape index (κ3) is 7.85. The van der Waals surface area contributed by atoms with Gasteiger partial charge in [0.2, 0.25) is 23.5 Å². The Morgan fingerprint density at radius 2 is 1.65 bits per heavy atom. The van der Waals surface area contributed by atoms with Gasteiger partial charge >= 0.3 is 6.09 Å². The van der Waals surface area contributed by atoms with E-state index in [4.69, 9.17) is 0 Å². The van der Waals surface area contributed by atoms with Crippen LogP contribution in [0.25, 0.3) is 0 Å². The van der Waals surface area contributed by atoms with Crippen molar-refractivity contribution in [1.82, 2.24) is 20.9 Å². The maximum Gasteiger partial charge on any atom is 0.405 e. The number of rotatable bonds is 10. The molecule has 12 heteroatoms. The number of ketones is 1. The Balaban J connectivity index is 1.81. The van der Waals surface area contributed by atoms with Gasteiger partial charge in [0.1, 0.15) is 12.1 Å². The Bertz CT molecular complexity index is 936. The minimum atomic E-state index is -3.11. The van der Waals surface area contributed by atoms with E-state index in [1.54, 1.807) is 20.8 Å². The predicted octanol–water partition coefficient (Wildman–Crippen LogP) is 2.21. The van der Waals surface area contributed by atoms with E-state index in [9.17, 15) is 37.9 Å². The Hall–Kier alpha value is -2.79. The second-order valence-corrected chi connectivity index (χ2v) is 12.0. The summed E-state index contributed by atoms with van der Waals surface area (Å²) in [7, 11) is 0. The molecule has 1 saturated heterocycles. The van der Waals surface area contributed by atoms with E-state index in [0.717, 1.165) is 25.7 Å². The van der Waals surface area contributed by atoms with Crippen LogP contribution in [0, 0.1) is 10.8 Å². The van der Waals surface area contributed by atoms with E-state index in [0.29, 0.717) is 19.8 Å². The molecular weight excluding hydrogens is 490 g/mol. The Morgan fingerprint density at radius 1 is 1.03 bits per heavy atom. The molecule has 1 heterocycles. The number of carbonyl (C=O) groups excluding carboxylic acids is 4. The summed E-state index contributed by atoms with van der Waals surface area (Å²) in [6.45, 7) is 6.01. The van der Waals surface area contributed by atoms with Crippen LogP contribution in [0.2, 0.25) is 0 Å². The van der Waals surface area contributed by atoms with Crippen LogP contribution in [0.3, 0.4) is 0 Å². The van der Waals surface area contributed by atoms with E-state index >= 15 is 0 Å². The van der Waals surface area contributed by atoms with Crippen molar-refractivity contribution in [2.24, 2.45) is 10.8 Å². The van der Waals surface area contributed by atoms with Gasteiger partial charge in [-0.15, -0.1) is 0 Å². The first-order valence-electron chi connectivity index (χ1n) is 12.8. The lowest BCUT2D eigenvalue weighted by Crippen LogP contribution is -2.62. The first-order chi connectivity index (χ1) is 17.0. The third-order valence-electron chi connectivity index (χ3n) is 7.45. The number of piperidine rings is 1. The van der Waals surface area contributed by atoms with E-state index < -0.39 is 71.9 Å². The highest BCUT2D eigenvalue weighted by molar-refractivity contribution is 6.38. The Morgan fingerprint density at radius 3 is 2.14 bits per heavy atom. The van der Waals surface area contributed by atoms with Gasteiger partial charge in [-0.25, -0.2) is 13.6 Å². The highest BCUT2D eigenvalue weighted by Gasteiger charge is 2.52. The molecular formula is C25H38F2N4O6. The highest BCUT2D eigenvalue weighted by atomic mass is 19.3. The van der Waals surface area contributed by atoms with Crippen molar-refractivity contribution < 1.29 is 37.9 Å². The summed E-state index contributed by atoms with van der Waals surface area (Å²) in [6.07, 6.45) is 1.64. The summed E-state index contributed by atoms with van der Waals surface area (Å²) in [5.41, 5.74) is -0.910. The number of likely N-dealkylation sites (tertiary alicyclic amines) is 1. The zero-order valence-electron chi connectivity index (χ0n) is 21.9. The minimum absolute atomic E-state index is 0.116. The molecule has 208 valence electrons. The molecule has 1 spiro atoms. The van der Waals surface area contributed by atoms with Gasteiger partial charge in [0, 0.05) is 19.0 Å². The maximum atomic E-state index is 13.6. The van der Waals surface area contributed by atoms with E-state index in [1.165, 1.54) is 4.90 Å². The second-order valence-electron chi connectivity index (χ2n) is 12.0. The van der Waals surface area contributed by atoms with Crippen LogP contribution in [0.5, 0.6) is 0 Å². The smallest absolute Gasteiger partial charge is 0.405 e. The predicted molar refractivity (Wildman–Crippen MR) is 129 cm³/mol. The zero-order valence-corrected chi connectivity index (χ0v) is 21.9. The summed E-state index contributed by atoms with van der Waals surface area (Å²) in [5.74, 6) is -6.32. The molecule has 1 aliphatic heterocycles. The second kappa shape index (κ2) is 10.5. The van der Waals surface area contributed by atoms with Crippen molar-refractivity contribution in [3.05, 3.63) is 0 Å². The summed E-state index contributed by atoms with van der Waals surface area (Å²) >= 11 is 0. The fourth-order valence-corrected chi connectivity index (χ4v) is 4.78. The Kier molecular flexibility index (Phi) is 8.19. The fraction of sp³-hybridized carbons (Fsp3) is 0.800. The largest absolute Gasteiger partial charge is 0.465 e. The van der Waals surface area contributed by atoms with Crippen molar-refractivity contribution >= 4 is 29.6 Å². The minimum Gasteiger partial charge on any atom is -0.465 e. The van der Waals surface area contributed by atoms with Crippen molar-refractivity contribution in [3.8, 4) is 0 Å². The average molecular weight is 529 g/mol. The van der Waals surface area contributed by atoms with Crippen LogP contribution in [0.4, 0.5) is 13.6 Å². The number of alkyl halides is 2. The molecule has 4 N–H and O–H groups in total. The topological polar surface area (TPSA) is 145 Å². The van der Waals surface area contributed by atoms with Crippen LogP contribution >= 0.6 is 0 Å². The number of hydrogen-bond donors (Lipinski definition) is 4. The molecule has 0 aromatic carbocycles. The number of amides is 4. The molecule has 0 aromatic heterocycles. The molecule has 0 radical (unpaired) electrons. The molecule has 10 nitrogen and oxygen atoms in total. The van der Waals surface area contributed by atoms with Gasteiger partial charge < -0.3 is 26.0 Å². The normalized spacial score (nSPS) is 22.5. The number of Topliss-reactive ketones (excluding diaryl/α,β-unsaturated/α-hetero) is 1. The number of halogens is 2. The lowest BCUT2D eigenvalue weighted by molar-refractivity contribution is -0.148. The molecule has 3 atom stereocenters. The van der Waals surface area contributed by atoms with Crippen molar-refractivity contribution in [2.75, 3.05) is 6.54 Å². The van der Waals surface area contributed by atoms with Crippen molar-refractivity contribution in [2.45, 2.75) is 109 Å². The summed E-state index contributed by atoms with van der Waals surface area (Å²) < 4.78 is 27.2. The summed E-state index contributed by atoms with van der Waals surface area (Å²) in [4.78, 5) is 65.0. The van der Waals surface area contributed by atoms with Crippen molar-refractivity contribution in [3.63, 3.8) is 0 Å².